The van der Waals surface area contributed by atoms with E-state index in [1.165, 1.54) is 0 Å². The Morgan fingerprint density at radius 1 is 1.27 bits per heavy atom. The zero-order valence-electron chi connectivity index (χ0n) is 7.63. The fourth-order valence-electron chi connectivity index (χ4n) is 0.760. The molecule has 0 saturated carbocycles. The lowest BCUT2D eigenvalue weighted by Gasteiger charge is -2.17. The number of carbonyl (C=O) groups is 1. The van der Waals surface area contributed by atoms with Gasteiger partial charge in [-0.3, -0.25) is 4.52 Å². The number of hydrogen-bond donors (Lipinski definition) is 5. The molecular formula is C6H13O8P. The highest BCUT2D eigenvalue weighted by molar-refractivity contribution is 7.46. The first kappa shape index (κ1) is 14.7. The van der Waals surface area contributed by atoms with Crippen LogP contribution in [0.3, 0.4) is 0 Å². The number of aldehydes is 1. The molecule has 0 aliphatic heterocycles. The quantitative estimate of drug-likeness (QED) is 0.250. The van der Waals surface area contributed by atoms with Gasteiger partial charge in [-0.05, 0) is 0 Å². The molecule has 0 unspecified atom stereocenters. The largest absolute Gasteiger partial charge is 0.469 e. The number of phosphoric acid groups is 1. The summed E-state index contributed by atoms with van der Waals surface area (Å²) in [7, 11) is -4.67. The molecule has 0 spiro atoms. The van der Waals surface area contributed by atoms with Gasteiger partial charge in [-0.15, -0.1) is 0 Å². The van der Waals surface area contributed by atoms with Crippen LogP contribution in [0.25, 0.3) is 0 Å². The minimum absolute atomic E-state index is 0.0845. The van der Waals surface area contributed by atoms with Crippen LogP contribution in [0.2, 0.25) is 0 Å². The van der Waals surface area contributed by atoms with Gasteiger partial charge in [0.25, 0.3) is 0 Å². The Labute approximate surface area is 85.4 Å². The molecule has 5 N–H and O–H groups in total. The molecule has 8 nitrogen and oxygen atoms in total. The molecule has 15 heavy (non-hydrogen) atoms. The van der Waals surface area contributed by atoms with Crippen LogP contribution in [-0.4, -0.2) is 56.3 Å². The molecule has 0 aliphatic rings. The molecule has 0 fully saturated rings. The summed E-state index contributed by atoms with van der Waals surface area (Å²) < 4.78 is 14.1. The molecule has 0 aliphatic carbocycles. The van der Waals surface area contributed by atoms with Crippen LogP contribution in [0.1, 0.15) is 6.42 Å². The molecule has 0 aromatic carbocycles. The molecule has 0 aromatic heterocycles. The Bertz CT molecular complexity index is 237. The first-order valence-electron chi connectivity index (χ1n) is 3.96. The third-order valence-corrected chi connectivity index (χ3v) is 1.97. The number of carbonyl (C=O) groups excluding carboxylic acids is 1. The minimum Gasteiger partial charge on any atom is -0.391 e. The normalized spacial score (nSPS) is 18.2. The first-order chi connectivity index (χ1) is 6.76. The zero-order valence-corrected chi connectivity index (χ0v) is 8.53. The SMILES string of the molecule is O=C[C@H](O)[C@@H](O)C[C@H](O)COP(=O)(O)O. The molecule has 90 valence electrons. The molecule has 9 heteroatoms. The van der Waals surface area contributed by atoms with Crippen molar-refractivity contribution in [3.05, 3.63) is 0 Å². The lowest BCUT2D eigenvalue weighted by Crippen LogP contribution is -2.32. The average molecular weight is 244 g/mol. The lowest BCUT2D eigenvalue weighted by molar-refractivity contribution is -0.121. The smallest absolute Gasteiger partial charge is 0.391 e. The topological polar surface area (TPSA) is 145 Å². The molecular weight excluding hydrogens is 231 g/mol. The monoisotopic (exact) mass is 244 g/mol. The molecule has 0 heterocycles. The van der Waals surface area contributed by atoms with E-state index in [9.17, 15) is 9.36 Å². The van der Waals surface area contributed by atoms with Crippen molar-refractivity contribution in [2.45, 2.75) is 24.7 Å². The summed E-state index contributed by atoms with van der Waals surface area (Å²) in [4.78, 5) is 26.5. The Balaban J connectivity index is 3.88. The van der Waals surface area contributed by atoms with Gasteiger partial charge in [0, 0.05) is 6.42 Å². The van der Waals surface area contributed by atoms with Gasteiger partial charge in [-0.1, -0.05) is 0 Å². The maximum Gasteiger partial charge on any atom is 0.469 e. The van der Waals surface area contributed by atoms with Crippen molar-refractivity contribution in [3.63, 3.8) is 0 Å². The molecule has 0 aromatic rings. The Morgan fingerprint density at radius 2 is 1.80 bits per heavy atom. The van der Waals surface area contributed by atoms with Crippen LogP contribution in [0.5, 0.6) is 0 Å². The van der Waals surface area contributed by atoms with E-state index >= 15 is 0 Å². The van der Waals surface area contributed by atoms with E-state index in [2.05, 4.69) is 4.52 Å². The van der Waals surface area contributed by atoms with Gasteiger partial charge in [0.05, 0.1) is 18.8 Å². The zero-order chi connectivity index (χ0) is 12.1. The Kier molecular flexibility index (Phi) is 6.15. The first-order valence-corrected chi connectivity index (χ1v) is 5.49. The number of aliphatic hydroxyl groups excluding tert-OH is 3. The maximum atomic E-state index is 10.2. The van der Waals surface area contributed by atoms with Crippen LogP contribution in [-0.2, 0) is 13.9 Å². The minimum atomic E-state index is -4.67. The number of phosphoric ester groups is 1. The highest BCUT2D eigenvalue weighted by atomic mass is 31.2. The van der Waals surface area contributed by atoms with Crippen LogP contribution >= 0.6 is 7.82 Å². The molecule has 0 saturated heterocycles. The van der Waals surface area contributed by atoms with E-state index in [4.69, 9.17) is 25.1 Å². The van der Waals surface area contributed by atoms with Gasteiger partial charge in [-0.25, -0.2) is 4.57 Å². The van der Waals surface area contributed by atoms with Gasteiger partial charge < -0.3 is 29.9 Å². The summed E-state index contributed by atoms with van der Waals surface area (Å²) in [6, 6.07) is 0. The Hall–Kier alpha value is -0.340. The number of hydrogen-bond acceptors (Lipinski definition) is 6. The number of rotatable bonds is 7. The van der Waals surface area contributed by atoms with E-state index in [0.717, 1.165) is 0 Å². The summed E-state index contributed by atoms with van der Waals surface area (Å²) in [6.07, 6.45) is -4.88. The number of aliphatic hydroxyl groups is 3. The van der Waals surface area contributed by atoms with Crippen molar-refractivity contribution in [1.82, 2.24) is 0 Å². The van der Waals surface area contributed by atoms with Gasteiger partial charge in [0.15, 0.2) is 6.29 Å². The summed E-state index contributed by atoms with van der Waals surface area (Å²) in [5, 5.41) is 26.9. The van der Waals surface area contributed by atoms with Gasteiger partial charge in [0.1, 0.15) is 6.10 Å². The van der Waals surface area contributed by atoms with E-state index in [-0.39, 0.29) is 6.29 Å². The van der Waals surface area contributed by atoms with Crippen molar-refractivity contribution in [3.8, 4) is 0 Å². The highest BCUT2D eigenvalue weighted by Gasteiger charge is 2.22. The van der Waals surface area contributed by atoms with Crippen molar-refractivity contribution in [2.24, 2.45) is 0 Å². The third kappa shape index (κ3) is 7.57. The van der Waals surface area contributed by atoms with Crippen LogP contribution in [0.4, 0.5) is 0 Å². The highest BCUT2D eigenvalue weighted by Crippen LogP contribution is 2.35. The summed E-state index contributed by atoms with van der Waals surface area (Å²) in [6.45, 7) is -0.701. The van der Waals surface area contributed by atoms with Crippen LogP contribution in [0.15, 0.2) is 0 Å². The average Bonchev–Trinajstić information content (AvgIpc) is 2.12. The van der Waals surface area contributed by atoms with Crippen LogP contribution < -0.4 is 0 Å². The van der Waals surface area contributed by atoms with Crippen molar-refractivity contribution >= 4 is 14.1 Å². The van der Waals surface area contributed by atoms with E-state index in [1.54, 1.807) is 0 Å². The standard InChI is InChI=1S/C6H13O8P/c7-2-6(10)5(9)1-4(8)3-14-15(11,12)13/h2,4-6,8-10H,1,3H2,(H2,11,12,13)/t4-,5-,6-/m0/s1. The van der Waals surface area contributed by atoms with Crippen molar-refractivity contribution < 1.29 is 39.0 Å². The van der Waals surface area contributed by atoms with Gasteiger partial charge in [0.2, 0.25) is 0 Å². The molecule has 3 atom stereocenters. The van der Waals surface area contributed by atoms with E-state index in [0.29, 0.717) is 0 Å². The molecule has 0 radical (unpaired) electrons. The molecule has 0 bridgehead atoms. The molecule has 0 amide bonds. The maximum absolute atomic E-state index is 10.2. The fraction of sp³-hybridized carbons (Fsp3) is 0.833. The van der Waals surface area contributed by atoms with Gasteiger partial charge in [-0.2, -0.15) is 0 Å². The van der Waals surface area contributed by atoms with Gasteiger partial charge >= 0.3 is 7.82 Å². The second-order valence-electron chi connectivity index (χ2n) is 2.87. The van der Waals surface area contributed by atoms with E-state index < -0.39 is 39.2 Å². The second-order valence-corrected chi connectivity index (χ2v) is 4.11. The van der Waals surface area contributed by atoms with Crippen molar-refractivity contribution in [1.29, 1.82) is 0 Å². The summed E-state index contributed by atoms with van der Waals surface area (Å²) in [5.41, 5.74) is 0. The lowest BCUT2D eigenvalue weighted by atomic mass is 10.1. The van der Waals surface area contributed by atoms with E-state index in [1.807, 2.05) is 0 Å². The van der Waals surface area contributed by atoms with Crippen molar-refractivity contribution in [2.75, 3.05) is 6.61 Å². The fourth-order valence-corrected chi connectivity index (χ4v) is 1.13. The summed E-state index contributed by atoms with van der Waals surface area (Å²) >= 11 is 0. The predicted octanol–water partition coefficient (Wildman–Crippen LogP) is -2.23. The third-order valence-electron chi connectivity index (χ3n) is 1.48. The Morgan fingerprint density at radius 3 is 2.20 bits per heavy atom. The predicted molar refractivity (Wildman–Crippen MR) is 46.7 cm³/mol. The van der Waals surface area contributed by atoms with Crippen LogP contribution in [0, 0.1) is 0 Å². The summed E-state index contributed by atoms with van der Waals surface area (Å²) in [5.74, 6) is 0. The molecule has 0 rings (SSSR count). The second kappa shape index (κ2) is 6.29.